The van der Waals surface area contributed by atoms with Gasteiger partial charge in [-0.15, -0.1) is 0 Å². The molecular weight excluding hydrogens is 340 g/mol. The minimum atomic E-state index is -1.47. The second-order valence-corrected chi connectivity index (χ2v) is 6.23. The summed E-state index contributed by atoms with van der Waals surface area (Å²) in [5, 5.41) is 30.4. The molecular formula is C16H17ClO7. The first kappa shape index (κ1) is 17.2. The number of hydrogen-bond acceptors (Lipinski definition) is 7. The lowest BCUT2D eigenvalue weighted by molar-refractivity contribution is -0.268. The first-order chi connectivity index (χ1) is 11.3. The van der Waals surface area contributed by atoms with Crippen LogP contribution in [0.15, 0.2) is 27.4 Å². The molecule has 2 aromatic rings. The van der Waals surface area contributed by atoms with Gasteiger partial charge in [-0.05, 0) is 25.5 Å². The van der Waals surface area contributed by atoms with E-state index in [4.69, 9.17) is 25.5 Å². The molecule has 8 heteroatoms. The lowest BCUT2D eigenvalue weighted by atomic mass is 10.00. The van der Waals surface area contributed by atoms with Gasteiger partial charge < -0.3 is 29.2 Å². The summed E-state index contributed by atoms with van der Waals surface area (Å²) in [7, 11) is 0. The molecule has 1 fully saturated rings. The van der Waals surface area contributed by atoms with Crippen LogP contribution in [-0.2, 0) is 4.74 Å². The minimum Gasteiger partial charge on any atom is -0.460 e. The molecule has 0 unspecified atom stereocenters. The highest BCUT2D eigenvalue weighted by molar-refractivity contribution is 6.32. The number of aliphatic hydroxyl groups excluding tert-OH is 3. The lowest BCUT2D eigenvalue weighted by Crippen LogP contribution is -2.58. The van der Waals surface area contributed by atoms with E-state index in [9.17, 15) is 20.1 Å². The monoisotopic (exact) mass is 356 g/mol. The fourth-order valence-electron chi connectivity index (χ4n) is 2.65. The van der Waals surface area contributed by atoms with Crippen molar-refractivity contribution >= 4 is 22.6 Å². The number of rotatable bonds is 2. The molecule has 1 aromatic carbocycles. The molecule has 130 valence electrons. The van der Waals surface area contributed by atoms with Crippen LogP contribution < -0.4 is 10.4 Å². The predicted octanol–water partition coefficient (Wildman–Crippen LogP) is 0.961. The Labute approximate surface area is 142 Å². The number of halogens is 1. The third-order valence-electron chi connectivity index (χ3n) is 4.06. The number of aliphatic hydroxyl groups is 3. The maximum absolute atomic E-state index is 11.5. The second-order valence-electron chi connectivity index (χ2n) is 5.83. The first-order valence-electron chi connectivity index (χ1n) is 7.38. The van der Waals surface area contributed by atoms with E-state index in [2.05, 4.69) is 0 Å². The zero-order valence-electron chi connectivity index (χ0n) is 13.0. The molecule has 0 aliphatic carbocycles. The van der Waals surface area contributed by atoms with Gasteiger partial charge in [0.1, 0.15) is 29.6 Å². The van der Waals surface area contributed by atoms with Crippen LogP contribution in [0.25, 0.3) is 11.0 Å². The van der Waals surface area contributed by atoms with Gasteiger partial charge in [-0.3, -0.25) is 0 Å². The Morgan fingerprint density at radius 1 is 1.12 bits per heavy atom. The van der Waals surface area contributed by atoms with Crippen LogP contribution in [0.1, 0.15) is 12.5 Å². The third-order valence-corrected chi connectivity index (χ3v) is 4.35. The van der Waals surface area contributed by atoms with Crippen LogP contribution in [0.2, 0.25) is 5.02 Å². The summed E-state index contributed by atoms with van der Waals surface area (Å²) in [4.78, 5) is 11.5. The van der Waals surface area contributed by atoms with Gasteiger partial charge in [0.2, 0.25) is 6.29 Å². The molecule has 7 nitrogen and oxygen atoms in total. The Bertz CT molecular complexity index is 818. The summed E-state index contributed by atoms with van der Waals surface area (Å²) < 4.78 is 16.0. The van der Waals surface area contributed by atoms with Crippen molar-refractivity contribution in [3.8, 4) is 5.75 Å². The molecule has 0 bridgehead atoms. The molecule has 5 atom stereocenters. The van der Waals surface area contributed by atoms with E-state index in [-0.39, 0.29) is 16.4 Å². The van der Waals surface area contributed by atoms with Crippen LogP contribution in [0.4, 0.5) is 0 Å². The number of aryl methyl sites for hydroxylation is 1. The van der Waals surface area contributed by atoms with E-state index >= 15 is 0 Å². The molecule has 0 amide bonds. The normalized spacial score (nSPS) is 30.5. The average molecular weight is 357 g/mol. The number of hydrogen-bond donors (Lipinski definition) is 3. The maximum Gasteiger partial charge on any atom is 0.336 e. The number of benzene rings is 1. The van der Waals surface area contributed by atoms with Crippen molar-refractivity contribution in [2.24, 2.45) is 0 Å². The van der Waals surface area contributed by atoms with Gasteiger partial charge in [0.25, 0.3) is 0 Å². The summed E-state index contributed by atoms with van der Waals surface area (Å²) in [6.45, 7) is 3.30. The Hall–Kier alpha value is -1.64. The van der Waals surface area contributed by atoms with E-state index in [1.54, 1.807) is 19.9 Å². The van der Waals surface area contributed by atoms with Crippen LogP contribution in [0.3, 0.4) is 0 Å². The highest BCUT2D eigenvalue weighted by Crippen LogP contribution is 2.33. The maximum atomic E-state index is 11.5. The minimum absolute atomic E-state index is 0.123. The number of ether oxygens (including phenoxy) is 2. The summed E-state index contributed by atoms with van der Waals surface area (Å²) in [5.74, 6) is 0.123. The molecule has 3 N–H and O–H groups in total. The fourth-order valence-corrected chi connectivity index (χ4v) is 2.85. The molecule has 1 aliphatic heterocycles. The predicted molar refractivity (Wildman–Crippen MR) is 85.2 cm³/mol. The Balaban J connectivity index is 1.95. The van der Waals surface area contributed by atoms with Gasteiger partial charge in [0.15, 0.2) is 0 Å². The molecule has 1 aliphatic rings. The van der Waals surface area contributed by atoms with Gasteiger partial charge in [-0.25, -0.2) is 4.79 Å². The standard InChI is InChI=1S/C16H17ClO7/c1-6-3-12(18)23-10-5-11(9(17)4-8(6)10)24-16-15(21)14(20)13(19)7(2)22-16/h3-5,7,13-16,19-21H,1-2H3/t7-,13-,14+,15-,16+/m1/s1. The molecule has 0 spiro atoms. The summed E-state index contributed by atoms with van der Waals surface area (Å²) >= 11 is 6.19. The highest BCUT2D eigenvalue weighted by atomic mass is 35.5. The molecule has 1 saturated heterocycles. The van der Waals surface area contributed by atoms with Crippen LogP contribution in [0, 0.1) is 6.92 Å². The van der Waals surface area contributed by atoms with Gasteiger partial charge in [0, 0.05) is 17.5 Å². The Kier molecular flexibility index (Phi) is 4.54. The SMILES string of the molecule is Cc1cc(=O)oc2cc(O[C@@H]3O[C@H](C)[C@@H](O)[C@H](O)[C@H]3O)c(Cl)cc12. The van der Waals surface area contributed by atoms with Crippen LogP contribution in [-0.4, -0.2) is 46.0 Å². The zero-order chi connectivity index (χ0) is 17.6. The topological polar surface area (TPSA) is 109 Å². The van der Waals surface area contributed by atoms with Crippen molar-refractivity contribution in [2.45, 2.75) is 44.6 Å². The van der Waals surface area contributed by atoms with E-state index in [1.165, 1.54) is 12.1 Å². The molecule has 0 saturated carbocycles. The second kappa shape index (κ2) is 6.34. The molecule has 1 aromatic heterocycles. The van der Waals surface area contributed by atoms with Crippen LogP contribution >= 0.6 is 11.6 Å². The van der Waals surface area contributed by atoms with Crippen molar-refractivity contribution in [1.82, 2.24) is 0 Å². The van der Waals surface area contributed by atoms with Gasteiger partial charge in [-0.1, -0.05) is 11.6 Å². The van der Waals surface area contributed by atoms with E-state index in [0.717, 1.165) is 0 Å². The van der Waals surface area contributed by atoms with Gasteiger partial charge in [-0.2, -0.15) is 0 Å². The number of fused-ring (bicyclic) bond motifs is 1. The fraction of sp³-hybridized carbons (Fsp3) is 0.438. The van der Waals surface area contributed by atoms with E-state index in [1.807, 2.05) is 0 Å². The summed E-state index contributed by atoms with van der Waals surface area (Å²) in [6, 6.07) is 4.35. The zero-order valence-corrected chi connectivity index (χ0v) is 13.7. The third kappa shape index (κ3) is 3.01. The van der Waals surface area contributed by atoms with Crippen molar-refractivity contribution in [3.05, 3.63) is 39.2 Å². The van der Waals surface area contributed by atoms with E-state index < -0.39 is 36.3 Å². The summed E-state index contributed by atoms with van der Waals surface area (Å²) in [5.41, 5.74) is 0.475. The smallest absolute Gasteiger partial charge is 0.336 e. The lowest BCUT2D eigenvalue weighted by Gasteiger charge is -2.38. The quantitative estimate of drug-likeness (QED) is 0.687. The van der Waals surface area contributed by atoms with Crippen molar-refractivity contribution in [2.75, 3.05) is 0 Å². The van der Waals surface area contributed by atoms with Gasteiger partial charge in [0.05, 0.1) is 11.1 Å². The first-order valence-corrected chi connectivity index (χ1v) is 7.76. The van der Waals surface area contributed by atoms with Crippen LogP contribution in [0.5, 0.6) is 5.75 Å². The Morgan fingerprint density at radius 2 is 1.83 bits per heavy atom. The Morgan fingerprint density at radius 3 is 2.54 bits per heavy atom. The van der Waals surface area contributed by atoms with E-state index in [0.29, 0.717) is 10.9 Å². The van der Waals surface area contributed by atoms with Crippen molar-refractivity contribution in [1.29, 1.82) is 0 Å². The molecule has 24 heavy (non-hydrogen) atoms. The van der Waals surface area contributed by atoms with Gasteiger partial charge >= 0.3 is 5.63 Å². The summed E-state index contributed by atoms with van der Waals surface area (Å²) in [6.07, 6.45) is -6.09. The average Bonchev–Trinajstić information content (AvgIpc) is 2.52. The van der Waals surface area contributed by atoms with Crippen molar-refractivity contribution < 1.29 is 29.2 Å². The van der Waals surface area contributed by atoms with Crippen molar-refractivity contribution in [3.63, 3.8) is 0 Å². The molecule has 0 radical (unpaired) electrons. The molecule has 2 heterocycles. The largest absolute Gasteiger partial charge is 0.460 e. The molecule has 3 rings (SSSR count). The highest BCUT2D eigenvalue weighted by Gasteiger charge is 2.43.